The van der Waals surface area contributed by atoms with E-state index in [2.05, 4.69) is 0 Å². The van der Waals surface area contributed by atoms with Crippen LogP contribution in [0.1, 0.15) is 25.0 Å². The van der Waals surface area contributed by atoms with Gasteiger partial charge in [0.1, 0.15) is 5.75 Å². The summed E-state index contributed by atoms with van der Waals surface area (Å²) in [6.45, 7) is 8.03. The van der Waals surface area contributed by atoms with Crippen molar-refractivity contribution in [1.82, 2.24) is 9.21 Å². The van der Waals surface area contributed by atoms with Crippen molar-refractivity contribution in [2.75, 3.05) is 26.7 Å². The zero-order chi connectivity index (χ0) is 17.4. The minimum atomic E-state index is -3.69. The van der Waals surface area contributed by atoms with Crippen molar-refractivity contribution in [3.63, 3.8) is 0 Å². The van der Waals surface area contributed by atoms with Gasteiger partial charge in [-0.05, 0) is 51.0 Å². The minimum Gasteiger partial charge on any atom is -0.496 e. The van der Waals surface area contributed by atoms with E-state index in [1.54, 1.807) is 38.0 Å². The van der Waals surface area contributed by atoms with Crippen LogP contribution in [-0.2, 0) is 14.8 Å². The average molecular weight is 340 g/mol. The van der Waals surface area contributed by atoms with Gasteiger partial charge in [-0.1, -0.05) is 0 Å². The van der Waals surface area contributed by atoms with Crippen molar-refractivity contribution < 1.29 is 17.9 Å². The van der Waals surface area contributed by atoms with Crippen LogP contribution in [0.2, 0.25) is 0 Å². The summed E-state index contributed by atoms with van der Waals surface area (Å²) in [7, 11) is -2.14. The van der Waals surface area contributed by atoms with Crippen LogP contribution in [0.25, 0.3) is 0 Å². The molecule has 0 bridgehead atoms. The Kier molecular flexibility index (Phi) is 5.01. The number of carbonyl (C=O) groups is 1. The average Bonchev–Trinajstić information content (AvgIpc) is 2.48. The number of nitrogens with zero attached hydrogens (tertiary/aromatic N) is 2. The fourth-order valence-electron chi connectivity index (χ4n) is 2.82. The predicted octanol–water partition coefficient (Wildman–Crippen LogP) is 1.55. The van der Waals surface area contributed by atoms with Crippen molar-refractivity contribution in [3.8, 4) is 5.75 Å². The fourth-order valence-corrected chi connectivity index (χ4v) is 4.49. The number of aryl methyl sites for hydroxylation is 2. The van der Waals surface area contributed by atoms with Crippen molar-refractivity contribution in [2.24, 2.45) is 0 Å². The van der Waals surface area contributed by atoms with E-state index in [4.69, 9.17) is 4.74 Å². The summed E-state index contributed by atoms with van der Waals surface area (Å²) in [5.41, 5.74) is 1.37. The molecule has 1 amide bonds. The molecule has 7 heteroatoms. The number of hydrogen-bond acceptors (Lipinski definition) is 4. The van der Waals surface area contributed by atoms with E-state index in [9.17, 15) is 13.2 Å². The molecule has 128 valence electrons. The number of sulfonamides is 1. The number of piperazine rings is 1. The van der Waals surface area contributed by atoms with Crippen molar-refractivity contribution in [1.29, 1.82) is 0 Å². The number of benzene rings is 1. The fraction of sp³-hybridized carbons (Fsp3) is 0.562. The van der Waals surface area contributed by atoms with Crippen molar-refractivity contribution in [2.45, 2.75) is 38.6 Å². The van der Waals surface area contributed by atoms with Gasteiger partial charge in [0, 0.05) is 19.1 Å². The second-order valence-electron chi connectivity index (χ2n) is 6.11. The lowest BCUT2D eigenvalue weighted by Crippen LogP contribution is -2.54. The summed E-state index contributed by atoms with van der Waals surface area (Å²) in [6.07, 6.45) is 0. The highest BCUT2D eigenvalue weighted by Crippen LogP contribution is 2.28. The number of hydrogen-bond donors (Lipinski definition) is 0. The molecule has 0 atom stereocenters. The van der Waals surface area contributed by atoms with E-state index in [1.807, 2.05) is 13.8 Å². The van der Waals surface area contributed by atoms with Gasteiger partial charge < -0.3 is 9.64 Å². The second-order valence-corrected chi connectivity index (χ2v) is 8.01. The van der Waals surface area contributed by atoms with Crippen LogP contribution in [0, 0.1) is 13.8 Å². The van der Waals surface area contributed by atoms with Gasteiger partial charge in [-0.15, -0.1) is 0 Å². The third-order valence-electron chi connectivity index (χ3n) is 4.16. The van der Waals surface area contributed by atoms with Crippen molar-refractivity contribution in [3.05, 3.63) is 23.3 Å². The first-order chi connectivity index (χ1) is 10.7. The molecule has 0 aromatic heterocycles. The van der Waals surface area contributed by atoms with E-state index < -0.39 is 10.0 Å². The van der Waals surface area contributed by atoms with Crippen LogP contribution >= 0.6 is 0 Å². The third-order valence-corrected chi connectivity index (χ3v) is 6.14. The van der Waals surface area contributed by atoms with Gasteiger partial charge in [0.05, 0.1) is 18.6 Å². The molecular weight excluding hydrogens is 316 g/mol. The zero-order valence-corrected chi connectivity index (χ0v) is 15.1. The molecule has 1 aromatic rings. The van der Waals surface area contributed by atoms with E-state index in [0.29, 0.717) is 24.4 Å². The lowest BCUT2D eigenvalue weighted by Gasteiger charge is -2.36. The lowest BCUT2D eigenvalue weighted by molar-refractivity contribution is -0.135. The smallest absolute Gasteiger partial charge is 0.243 e. The predicted molar refractivity (Wildman–Crippen MR) is 88.1 cm³/mol. The molecule has 0 unspecified atom stereocenters. The molecule has 0 radical (unpaired) electrons. The van der Waals surface area contributed by atoms with Crippen LogP contribution in [-0.4, -0.2) is 56.3 Å². The van der Waals surface area contributed by atoms with Gasteiger partial charge in [0.15, 0.2) is 0 Å². The molecule has 0 N–H and O–H groups in total. The molecule has 1 heterocycles. The lowest BCUT2D eigenvalue weighted by atomic mass is 10.1. The second kappa shape index (κ2) is 6.49. The molecule has 1 fully saturated rings. The zero-order valence-electron chi connectivity index (χ0n) is 14.3. The quantitative estimate of drug-likeness (QED) is 0.834. The van der Waals surface area contributed by atoms with E-state index in [-0.39, 0.29) is 23.4 Å². The van der Waals surface area contributed by atoms with Crippen molar-refractivity contribution >= 4 is 15.9 Å². The maximum Gasteiger partial charge on any atom is 0.243 e. The van der Waals surface area contributed by atoms with E-state index in [0.717, 1.165) is 5.56 Å². The molecular formula is C16H24N2O4S. The topological polar surface area (TPSA) is 66.9 Å². The Hall–Kier alpha value is -1.60. The molecule has 1 aliphatic rings. The molecule has 0 aliphatic carbocycles. The monoisotopic (exact) mass is 340 g/mol. The Morgan fingerprint density at radius 1 is 1.13 bits per heavy atom. The summed E-state index contributed by atoms with van der Waals surface area (Å²) >= 11 is 0. The SMILES string of the molecule is COc1cc(C)c(S(=O)(=O)N2CCN(C(C)C)C(=O)C2)cc1C. The first-order valence-corrected chi connectivity index (χ1v) is 9.07. The highest BCUT2D eigenvalue weighted by atomic mass is 32.2. The number of ether oxygens (including phenoxy) is 1. The summed E-state index contributed by atoms with van der Waals surface area (Å²) in [6, 6.07) is 3.41. The molecule has 2 rings (SSSR count). The molecule has 1 aliphatic heterocycles. The molecule has 0 spiro atoms. The summed E-state index contributed by atoms with van der Waals surface area (Å²) in [5, 5.41) is 0. The molecule has 6 nitrogen and oxygen atoms in total. The van der Waals surface area contributed by atoms with Gasteiger partial charge in [0.2, 0.25) is 15.9 Å². The minimum absolute atomic E-state index is 0.0809. The number of rotatable bonds is 4. The molecule has 23 heavy (non-hydrogen) atoms. The van der Waals surface area contributed by atoms with Crippen LogP contribution in [0.5, 0.6) is 5.75 Å². The van der Waals surface area contributed by atoms with E-state index in [1.165, 1.54) is 4.31 Å². The van der Waals surface area contributed by atoms with E-state index >= 15 is 0 Å². The Morgan fingerprint density at radius 3 is 2.30 bits per heavy atom. The first-order valence-electron chi connectivity index (χ1n) is 7.63. The van der Waals surface area contributed by atoms with Crippen LogP contribution in [0.3, 0.4) is 0 Å². The number of methoxy groups -OCH3 is 1. The third kappa shape index (κ3) is 3.35. The van der Waals surface area contributed by atoms with Gasteiger partial charge >= 0.3 is 0 Å². The Morgan fingerprint density at radius 2 is 1.78 bits per heavy atom. The first kappa shape index (κ1) is 17.7. The molecule has 1 aromatic carbocycles. The Labute approximate surface area is 138 Å². The number of carbonyl (C=O) groups excluding carboxylic acids is 1. The van der Waals surface area contributed by atoms with Gasteiger partial charge in [-0.2, -0.15) is 4.31 Å². The Balaban J connectivity index is 2.33. The van der Waals surface area contributed by atoms with Crippen LogP contribution in [0.15, 0.2) is 17.0 Å². The summed E-state index contributed by atoms with van der Waals surface area (Å²) in [4.78, 5) is 14.1. The highest BCUT2D eigenvalue weighted by Gasteiger charge is 2.34. The van der Waals surface area contributed by atoms with Gasteiger partial charge in [-0.3, -0.25) is 4.79 Å². The normalized spacial score (nSPS) is 17.0. The number of amides is 1. The standard InChI is InChI=1S/C16H24N2O4S/c1-11(2)18-7-6-17(10-16(18)19)23(20,21)15-9-12(3)14(22-5)8-13(15)4/h8-9,11H,6-7,10H2,1-5H3. The van der Waals surface area contributed by atoms with Gasteiger partial charge in [-0.25, -0.2) is 8.42 Å². The maximum absolute atomic E-state index is 12.9. The highest BCUT2D eigenvalue weighted by molar-refractivity contribution is 7.89. The Bertz CT molecular complexity index is 713. The maximum atomic E-state index is 12.9. The molecule has 1 saturated heterocycles. The van der Waals surface area contributed by atoms with Gasteiger partial charge in [0.25, 0.3) is 0 Å². The largest absolute Gasteiger partial charge is 0.496 e. The molecule has 0 saturated carbocycles. The van der Waals surface area contributed by atoms with Crippen LogP contribution in [0.4, 0.5) is 0 Å². The van der Waals surface area contributed by atoms with Crippen LogP contribution < -0.4 is 4.74 Å². The summed E-state index contributed by atoms with van der Waals surface area (Å²) < 4.78 is 32.3. The summed E-state index contributed by atoms with van der Waals surface area (Å²) in [5.74, 6) is 0.500.